The molecule has 2 unspecified atom stereocenters. The second kappa shape index (κ2) is 11.2. The quantitative estimate of drug-likeness (QED) is 0.416. The Labute approximate surface area is 233 Å². The van der Waals surface area contributed by atoms with Gasteiger partial charge in [0.2, 0.25) is 5.91 Å². The summed E-state index contributed by atoms with van der Waals surface area (Å²) in [5.41, 5.74) is 3.97. The minimum Gasteiger partial charge on any atom is -0.340 e. The lowest BCUT2D eigenvalue weighted by Gasteiger charge is -2.40. The molecule has 2 fully saturated rings. The van der Waals surface area contributed by atoms with Crippen molar-refractivity contribution >= 4 is 28.9 Å². The Morgan fingerprint density at radius 1 is 0.846 bits per heavy atom. The van der Waals surface area contributed by atoms with Crippen molar-refractivity contribution in [3.63, 3.8) is 0 Å². The fourth-order valence-corrected chi connectivity index (χ4v) is 6.63. The van der Waals surface area contributed by atoms with E-state index in [0.717, 1.165) is 81.3 Å². The predicted molar refractivity (Wildman–Crippen MR) is 151 cm³/mol. The Morgan fingerprint density at radius 3 is 2.36 bits per heavy atom. The van der Waals surface area contributed by atoms with E-state index in [0.29, 0.717) is 11.4 Å². The van der Waals surface area contributed by atoms with Gasteiger partial charge < -0.3 is 14.7 Å². The number of piperazine rings is 1. The summed E-state index contributed by atoms with van der Waals surface area (Å²) in [4.78, 5) is 21.9. The van der Waals surface area contributed by atoms with E-state index in [4.69, 9.17) is 11.6 Å². The normalized spacial score (nSPS) is 21.6. The minimum atomic E-state index is -0.255. The van der Waals surface area contributed by atoms with Crippen LogP contribution in [0.2, 0.25) is 5.02 Å². The summed E-state index contributed by atoms with van der Waals surface area (Å²) >= 11 is 6.07. The van der Waals surface area contributed by atoms with Crippen LogP contribution in [0.5, 0.6) is 0 Å². The molecule has 3 heterocycles. The first-order valence-electron chi connectivity index (χ1n) is 13.8. The van der Waals surface area contributed by atoms with Crippen LogP contribution in [-0.2, 0) is 11.2 Å². The number of hydrogen-bond donors (Lipinski definition) is 0. The molecule has 3 aliphatic rings. The lowest BCUT2D eigenvalue weighted by Crippen LogP contribution is -2.52. The summed E-state index contributed by atoms with van der Waals surface area (Å²) in [6, 6.07) is 19.4. The van der Waals surface area contributed by atoms with Crippen molar-refractivity contribution < 1.29 is 13.6 Å². The largest absolute Gasteiger partial charge is 0.340 e. The van der Waals surface area contributed by atoms with E-state index in [2.05, 4.69) is 14.7 Å². The predicted octanol–water partition coefficient (Wildman–Crippen LogP) is 5.31. The van der Waals surface area contributed by atoms with Gasteiger partial charge in [-0.25, -0.2) is 8.78 Å². The number of rotatable bonds is 6. The maximum absolute atomic E-state index is 14.3. The van der Waals surface area contributed by atoms with Gasteiger partial charge in [-0.05, 0) is 72.1 Å². The molecule has 3 aromatic carbocycles. The Kier molecular flexibility index (Phi) is 7.56. The highest BCUT2D eigenvalue weighted by Crippen LogP contribution is 2.48. The second-order valence-corrected chi connectivity index (χ2v) is 11.3. The molecule has 1 amide bonds. The lowest BCUT2D eigenvalue weighted by molar-refractivity contribution is -0.132. The standard InChI is InChI=1S/C31H33ClF2N4O/c32-23-3-1-2-22(18-23)19-31(39)37-16-14-35(15-17-37)12-13-36-11-10-30-28(21-36)27-20-25(34)6-9-29(27)38(30)26-7-4-24(33)5-8-26/h1-9,18,20,28,30H,10-17,19,21H2. The van der Waals surface area contributed by atoms with E-state index in [1.807, 2.05) is 47.4 Å². The zero-order valence-electron chi connectivity index (χ0n) is 21.9. The van der Waals surface area contributed by atoms with Crippen LogP contribution in [0.3, 0.4) is 0 Å². The van der Waals surface area contributed by atoms with Crippen molar-refractivity contribution in [1.82, 2.24) is 14.7 Å². The van der Waals surface area contributed by atoms with Crippen LogP contribution in [0.4, 0.5) is 20.2 Å². The van der Waals surface area contributed by atoms with Gasteiger partial charge in [-0.3, -0.25) is 9.69 Å². The van der Waals surface area contributed by atoms with E-state index >= 15 is 0 Å². The molecular weight excluding hydrogens is 518 g/mol. The number of halogens is 3. The molecule has 39 heavy (non-hydrogen) atoms. The van der Waals surface area contributed by atoms with E-state index in [1.165, 1.54) is 18.2 Å². The number of nitrogens with zero attached hydrogens (tertiary/aromatic N) is 4. The number of benzene rings is 3. The van der Waals surface area contributed by atoms with Crippen LogP contribution in [0.1, 0.15) is 23.5 Å². The van der Waals surface area contributed by atoms with Gasteiger partial charge in [-0.2, -0.15) is 0 Å². The molecule has 0 aliphatic carbocycles. The van der Waals surface area contributed by atoms with E-state index in [9.17, 15) is 13.6 Å². The van der Waals surface area contributed by atoms with E-state index in [-0.39, 0.29) is 29.5 Å². The SMILES string of the molecule is O=C(Cc1cccc(Cl)c1)N1CCN(CCN2CCC3C(C2)c2cc(F)ccc2N3c2ccc(F)cc2)CC1. The summed E-state index contributed by atoms with van der Waals surface area (Å²) in [6.07, 6.45) is 1.35. The number of piperidine rings is 1. The van der Waals surface area contributed by atoms with Gasteiger partial charge in [0.05, 0.1) is 6.42 Å². The van der Waals surface area contributed by atoms with Crippen molar-refractivity contribution in [3.8, 4) is 0 Å². The highest BCUT2D eigenvalue weighted by Gasteiger charge is 2.42. The average Bonchev–Trinajstić information content (AvgIpc) is 3.25. The van der Waals surface area contributed by atoms with Crippen LogP contribution >= 0.6 is 11.6 Å². The topological polar surface area (TPSA) is 30.0 Å². The summed E-state index contributed by atoms with van der Waals surface area (Å²) in [5.74, 6) is -0.115. The van der Waals surface area contributed by atoms with Crippen LogP contribution in [0.25, 0.3) is 0 Å². The fourth-order valence-electron chi connectivity index (χ4n) is 6.41. The molecule has 0 bridgehead atoms. The number of amides is 1. The lowest BCUT2D eigenvalue weighted by atomic mass is 9.89. The minimum absolute atomic E-state index is 0.150. The summed E-state index contributed by atoms with van der Waals surface area (Å²) < 4.78 is 27.9. The third kappa shape index (κ3) is 5.67. The Morgan fingerprint density at radius 2 is 1.59 bits per heavy atom. The Bertz CT molecular complexity index is 1330. The summed E-state index contributed by atoms with van der Waals surface area (Å²) in [6.45, 7) is 6.95. The van der Waals surface area contributed by atoms with Crippen molar-refractivity contribution in [2.24, 2.45) is 0 Å². The number of fused-ring (bicyclic) bond motifs is 3. The van der Waals surface area contributed by atoms with Crippen LogP contribution in [0, 0.1) is 11.6 Å². The van der Waals surface area contributed by atoms with Gasteiger partial charge in [-0.1, -0.05) is 23.7 Å². The Hall–Kier alpha value is -3.00. The Balaban J connectivity index is 1.04. The number of anilines is 2. The van der Waals surface area contributed by atoms with Crippen molar-refractivity contribution in [3.05, 3.63) is 94.5 Å². The molecule has 0 radical (unpaired) electrons. The smallest absolute Gasteiger partial charge is 0.227 e. The zero-order valence-corrected chi connectivity index (χ0v) is 22.7. The van der Waals surface area contributed by atoms with E-state index < -0.39 is 0 Å². The van der Waals surface area contributed by atoms with E-state index in [1.54, 1.807) is 6.07 Å². The molecule has 3 aromatic rings. The van der Waals surface area contributed by atoms with Gasteiger partial charge in [0.25, 0.3) is 0 Å². The van der Waals surface area contributed by atoms with Gasteiger partial charge in [-0.15, -0.1) is 0 Å². The van der Waals surface area contributed by atoms with Crippen LogP contribution in [0.15, 0.2) is 66.7 Å². The highest BCUT2D eigenvalue weighted by molar-refractivity contribution is 6.30. The second-order valence-electron chi connectivity index (χ2n) is 10.8. The fraction of sp³-hybridized carbons (Fsp3) is 0.387. The van der Waals surface area contributed by atoms with Gasteiger partial charge >= 0.3 is 0 Å². The number of hydrogen-bond acceptors (Lipinski definition) is 4. The van der Waals surface area contributed by atoms with Crippen molar-refractivity contribution in [2.45, 2.75) is 24.8 Å². The molecule has 3 aliphatic heterocycles. The monoisotopic (exact) mass is 550 g/mol. The molecular formula is C31H33ClF2N4O. The molecule has 0 N–H and O–H groups in total. The molecule has 8 heteroatoms. The molecule has 0 saturated carbocycles. The van der Waals surface area contributed by atoms with Crippen molar-refractivity contribution in [2.75, 3.05) is 57.3 Å². The first-order valence-corrected chi connectivity index (χ1v) is 14.1. The first-order chi connectivity index (χ1) is 18.9. The van der Waals surface area contributed by atoms with Crippen LogP contribution in [-0.4, -0.2) is 79.0 Å². The highest BCUT2D eigenvalue weighted by atomic mass is 35.5. The average molecular weight is 551 g/mol. The van der Waals surface area contributed by atoms with Gasteiger partial charge in [0.15, 0.2) is 0 Å². The number of carbonyl (C=O) groups excluding carboxylic acids is 1. The molecule has 204 valence electrons. The molecule has 0 spiro atoms. The van der Waals surface area contributed by atoms with Gasteiger partial charge in [0.1, 0.15) is 11.6 Å². The third-order valence-corrected chi connectivity index (χ3v) is 8.68. The summed E-state index contributed by atoms with van der Waals surface area (Å²) in [7, 11) is 0. The zero-order chi connectivity index (χ0) is 26.9. The number of likely N-dealkylation sites (tertiary alicyclic amines) is 1. The maximum Gasteiger partial charge on any atom is 0.227 e. The summed E-state index contributed by atoms with van der Waals surface area (Å²) in [5, 5.41) is 0.656. The molecule has 2 atom stereocenters. The number of carbonyl (C=O) groups is 1. The van der Waals surface area contributed by atoms with Crippen LogP contribution < -0.4 is 4.90 Å². The molecule has 0 aromatic heterocycles. The third-order valence-electron chi connectivity index (χ3n) is 8.45. The first kappa shape index (κ1) is 26.2. The molecule has 5 nitrogen and oxygen atoms in total. The van der Waals surface area contributed by atoms with Gasteiger partial charge in [0, 0.05) is 80.7 Å². The molecule has 2 saturated heterocycles. The molecule has 6 rings (SSSR count). The van der Waals surface area contributed by atoms with Crippen molar-refractivity contribution in [1.29, 1.82) is 0 Å². The maximum atomic E-state index is 14.3.